The number of hydrogen-bond acceptors (Lipinski definition) is 8. The summed E-state index contributed by atoms with van der Waals surface area (Å²) in [5, 5.41) is 3.43. The summed E-state index contributed by atoms with van der Waals surface area (Å²) in [6.07, 6.45) is -3.31. The predicted molar refractivity (Wildman–Crippen MR) is 82.4 cm³/mol. The van der Waals surface area contributed by atoms with Gasteiger partial charge in [-0.1, -0.05) is 16.7 Å². The summed E-state index contributed by atoms with van der Waals surface area (Å²) in [5.74, 6) is -1.96. The van der Waals surface area contributed by atoms with Crippen LogP contribution in [0.15, 0.2) is 5.11 Å². The number of carbonyl (C=O) groups excluding carboxylic acids is 3. The quantitative estimate of drug-likeness (QED) is 0.174. The van der Waals surface area contributed by atoms with E-state index in [0.717, 1.165) is 13.8 Å². The third-order valence-electron chi connectivity index (χ3n) is 2.84. The number of hydrogen-bond donors (Lipinski definition) is 0. The second kappa shape index (κ2) is 10.2. The van der Waals surface area contributed by atoms with Gasteiger partial charge in [0.1, 0.15) is 24.3 Å². The Kier molecular flexibility index (Phi) is 9.45. The smallest absolute Gasteiger partial charge is 0.303 e. The number of carbonyl (C=O) groups is 3. The normalized spacial score (nSPS) is 28.6. The molecule has 1 rings (SSSR count). The van der Waals surface area contributed by atoms with Crippen molar-refractivity contribution in [3.8, 4) is 0 Å². The third-order valence-corrected chi connectivity index (χ3v) is 3.20. The van der Waals surface area contributed by atoms with Crippen molar-refractivity contribution in [2.45, 2.75) is 50.7 Å². The molecule has 24 heavy (non-hydrogen) atoms. The lowest BCUT2D eigenvalue weighted by molar-refractivity contribution is -0.209. The molecule has 0 radical (unpaired) electrons. The van der Waals surface area contributed by atoms with Crippen molar-refractivity contribution >= 4 is 41.9 Å². The molecule has 1 aliphatic heterocycles. The zero-order chi connectivity index (χ0) is 17.6. The first-order chi connectivity index (χ1) is 10.8. The molecule has 0 aromatic carbocycles. The molecule has 0 bridgehead atoms. The number of azide groups is 1. The average molecular weight is 386 g/mol. The maximum Gasteiger partial charge on any atom is 0.303 e. The van der Waals surface area contributed by atoms with Gasteiger partial charge < -0.3 is 18.9 Å². The highest BCUT2D eigenvalue weighted by Gasteiger charge is 2.49. The molecular formula is C12H17Cl2N3O7. The molecule has 12 heteroatoms. The molecule has 0 amide bonds. The summed E-state index contributed by atoms with van der Waals surface area (Å²) in [5.41, 5.74) is 7.46. The summed E-state index contributed by atoms with van der Waals surface area (Å²) in [6, 6.07) is -1.12. The predicted octanol–water partition coefficient (Wildman–Crippen LogP) is 1.48. The van der Waals surface area contributed by atoms with Gasteiger partial charge in [-0.15, -0.1) is 12.4 Å². The molecule has 0 aliphatic carbocycles. The van der Waals surface area contributed by atoms with Gasteiger partial charge >= 0.3 is 17.9 Å². The maximum absolute atomic E-state index is 11.3. The molecule has 1 aliphatic rings. The maximum atomic E-state index is 11.3. The Morgan fingerprint density at radius 1 is 1.12 bits per heavy atom. The van der Waals surface area contributed by atoms with Gasteiger partial charge in [0.05, 0.1) is 0 Å². The molecule has 136 valence electrons. The highest BCUT2D eigenvalue weighted by atomic mass is 35.5. The fraction of sp³-hybridized carbons (Fsp3) is 0.750. The molecule has 0 spiro atoms. The van der Waals surface area contributed by atoms with Crippen molar-refractivity contribution in [3.63, 3.8) is 0 Å². The minimum absolute atomic E-state index is 0. The van der Waals surface area contributed by atoms with Crippen molar-refractivity contribution in [2.75, 3.05) is 6.61 Å². The SMILES string of the molecule is CC(=O)OC[C@H]1O[C@@H](Cl)[C@H](N=[N+]=[N-])[C@@H](OC(C)=O)[C@H]1OC(C)=O.Cl. The number of ether oxygens (including phenoxy) is 4. The van der Waals surface area contributed by atoms with Crippen LogP contribution in [-0.2, 0) is 33.3 Å². The van der Waals surface area contributed by atoms with Crippen LogP contribution in [0.1, 0.15) is 20.8 Å². The largest absolute Gasteiger partial charge is 0.463 e. The Balaban J connectivity index is 0.00000529. The van der Waals surface area contributed by atoms with Gasteiger partial charge in [-0.2, -0.15) is 0 Å². The van der Waals surface area contributed by atoms with Crippen LogP contribution < -0.4 is 0 Å². The fourth-order valence-electron chi connectivity index (χ4n) is 2.05. The monoisotopic (exact) mass is 385 g/mol. The van der Waals surface area contributed by atoms with Crippen LogP contribution in [0.4, 0.5) is 0 Å². The van der Waals surface area contributed by atoms with Gasteiger partial charge in [-0.05, 0) is 5.53 Å². The van der Waals surface area contributed by atoms with E-state index in [4.69, 9.17) is 36.1 Å². The summed E-state index contributed by atoms with van der Waals surface area (Å²) in [4.78, 5) is 36.2. The Labute approximate surface area is 148 Å². The van der Waals surface area contributed by atoms with Crippen LogP contribution in [-0.4, -0.2) is 54.4 Å². The van der Waals surface area contributed by atoms with E-state index >= 15 is 0 Å². The van der Waals surface area contributed by atoms with Crippen LogP contribution in [0.3, 0.4) is 0 Å². The van der Waals surface area contributed by atoms with Gasteiger partial charge in [0.25, 0.3) is 0 Å². The van der Waals surface area contributed by atoms with Gasteiger partial charge in [-0.3, -0.25) is 14.4 Å². The zero-order valence-corrected chi connectivity index (χ0v) is 14.7. The number of nitrogens with zero attached hydrogens (tertiary/aromatic N) is 3. The minimum Gasteiger partial charge on any atom is -0.463 e. The van der Waals surface area contributed by atoms with Crippen molar-refractivity contribution in [1.29, 1.82) is 0 Å². The van der Waals surface area contributed by atoms with Crippen molar-refractivity contribution in [3.05, 3.63) is 10.4 Å². The second-order valence-corrected chi connectivity index (χ2v) is 5.10. The van der Waals surface area contributed by atoms with E-state index in [9.17, 15) is 14.4 Å². The lowest BCUT2D eigenvalue weighted by Gasteiger charge is -2.41. The molecule has 1 fully saturated rings. The minimum atomic E-state index is -1.18. The first kappa shape index (κ1) is 22.3. The molecule has 0 aromatic heterocycles. The van der Waals surface area contributed by atoms with E-state index in [1.54, 1.807) is 0 Å². The van der Waals surface area contributed by atoms with E-state index in [0.29, 0.717) is 0 Å². The van der Waals surface area contributed by atoms with Crippen LogP contribution in [0.2, 0.25) is 0 Å². The number of halogens is 2. The summed E-state index contributed by atoms with van der Waals surface area (Å²) < 4.78 is 20.4. The van der Waals surface area contributed by atoms with E-state index in [2.05, 4.69) is 10.0 Å². The molecule has 0 aromatic rings. The van der Waals surface area contributed by atoms with Gasteiger partial charge in [0.2, 0.25) is 0 Å². The average Bonchev–Trinajstić information content (AvgIpc) is 2.42. The van der Waals surface area contributed by atoms with Crippen LogP contribution in [0.5, 0.6) is 0 Å². The summed E-state index contributed by atoms with van der Waals surface area (Å²) in [7, 11) is 0. The lowest BCUT2D eigenvalue weighted by atomic mass is 9.98. The van der Waals surface area contributed by atoms with Gasteiger partial charge in [0, 0.05) is 25.7 Å². The second-order valence-electron chi connectivity index (χ2n) is 4.67. The third kappa shape index (κ3) is 6.40. The van der Waals surface area contributed by atoms with Crippen LogP contribution >= 0.6 is 24.0 Å². The molecule has 0 saturated carbocycles. The first-order valence-electron chi connectivity index (χ1n) is 6.57. The van der Waals surface area contributed by atoms with Gasteiger partial charge in [-0.25, -0.2) is 0 Å². The number of rotatable bonds is 5. The molecule has 0 unspecified atom stereocenters. The molecule has 0 N–H and O–H groups in total. The lowest BCUT2D eigenvalue weighted by Crippen LogP contribution is -2.59. The summed E-state index contributed by atoms with van der Waals surface area (Å²) >= 11 is 5.99. The Bertz CT molecular complexity index is 527. The number of alkyl halides is 1. The summed E-state index contributed by atoms with van der Waals surface area (Å²) in [6.45, 7) is 3.19. The van der Waals surface area contributed by atoms with Crippen molar-refractivity contribution in [1.82, 2.24) is 0 Å². The Morgan fingerprint density at radius 3 is 2.12 bits per heavy atom. The standard InChI is InChI=1S/C12H16ClN3O7.ClH/c1-5(17)20-4-8-10(21-6(2)18)11(22-7(3)19)9(15-16-14)12(13)23-8;/h8-12H,4H2,1-3H3;1H/t8-,9-,10+,11-,12-;/m1./s1. The fourth-order valence-corrected chi connectivity index (χ4v) is 2.38. The molecular weight excluding hydrogens is 369 g/mol. The molecule has 5 atom stereocenters. The van der Waals surface area contributed by atoms with Crippen molar-refractivity contribution in [2.24, 2.45) is 5.11 Å². The molecule has 1 saturated heterocycles. The number of esters is 3. The van der Waals surface area contributed by atoms with Crippen LogP contribution in [0.25, 0.3) is 10.4 Å². The topological polar surface area (TPSA) is 137 Å². The first-order valence-corrected chi connectivity index (χ1v) is 7.01. The Morgan fingerprint density at radius 2 is 1.67 bits per heavy atom. The van der Waals surface area contributed by atoms with E-state index in [1.807, 2.05) is 0 Å². The highest BCUT2D eigenvalue weighted by Crippen LogP contribution is 2.30. The Hall–Kier alpha value is -1.74. The highest BCUT2D eigenvalue weighted by molar-refractivity contribution is 6.20. The van der Waals surface area contributed by atoms with Gasteiger partial charge in [0.15, 0.2) is 12.2 Å². The van der Waals surface area contributed by atoms with Crippen molar-refractivity contribution < 1.29 is 33.3 Å². The van der Waals surface area contributed by atoms with Crippen LogP contribution in [0, 0.1) is 0 Å². The van der Waals surface area contributed by atoms with E-state index < -0.39 is 47.8 Å². The van der Waals surface area contributed by atoms with E-state index in [1.165, 1.54) is 6.92 Å². The zero-order valence-electron chi connectivity index (χ0n) is 13.1. The van der Waals surface area contributed by atoms with E-state index in [-0.39, 0.29) is 19.0 Å². The molecule has 1 heterocycles. The molecule has 10 nitrogen and oxygen atoms in total.